The van der Waals surface area contributed by atoms with Crippen molar-refractivity contribution in [2.45, 2.75) is 26.3 Å². The maximum atomic E-state index is 6.29. The Morgan fingerprint density at radius 2 is 2.00 bits per heavy atom. The van der Waals surface area contributed by atoms with Gasteiger partial charge in [0.15, 0.2) is 11.5 Å². The SMILES string of the molecule is Cc1nc(CC(N)c2ccc3c(c2)OCCO3)sc1C. The standard InChI is InChI=1S/C15H18N2O2S/c1-9-10(2)20-15(17-9)8-12(16)11-3-4-13-14(7-11)19-6-5-18-13/h3-4,7,12H,5-6,8,16H2,1-2H3. The number of rotatable bonds is 3. The second-order valence-electron chi connectivity index (χ2n) is 4.96. The van der Waals surface area contributed by atoms with Crippen molar-refractivity contribution in [3.63, 3.8) is 0 Å². The third-order valence-electron chi connectivity index (χ3n) is 3.46. The molecule has 0 fully saturated rings. The molecule has 3 rings (SSSR count). The molecule has 5 heteroatoms. The quantitative estimate of drug-likeness (QED) is 0.944. The lowest BCUT2D eigenvalue weighted by Crippen LogP contribution is -2.17. The van der Waals surface area contributed by atoms with Crippen molar-refractivity contribution in [3.05, 3.63) is 39.3 Å². The summed E-state index contributed by atoms with van der Waals surface area (Å²) in [6, 6.07) is 5.84. The fourth-order valence-electron chi connectivity index (χ4n) is 2.22. The Labute approximate surface area is 122 Å². The summed E-state index contributed by atoms with van der Waals surface area (Å²) < 4.78 is 11.1. The molecule has 0 radical (unpaired) electrons. The molecule has 1 aromatic heterocycles. The van der Waals surface area contributed by atoms with Crippen molar-refractivity contribution in [1.82, 2.24) is 4.98 Å². The number of hydrogen-bond donors (Lipinski definition) is 1. The smallest absolute Gasteiger partial charge is 0.161 e. The largest absolute Gasteiger partial charge is 0.486 e. The van der Waals surface area contributed by atoms with E-state index in [9.17, 15) is 0 Å². The van der Waals surface area contributed by atoms with Crippen LogP contribution in [0.1, 0.15) is 27.2 Å². The Morgan fingerprint density at radius 1 is 1.25 bits per heavy atom. The lowest BCUT2D eigenvalue weighted by molar-refractivity contribution is 0.171. The number of hydrogen-bond acceptors (Lipinski definition) is 5. The van der Waals surface area contributed by atoms with Gasteiger partial charge >= 0.3 is 0 Å². The van der Waals surface area contributed by atoms with E-state index in [2.05, 4.69) is 11.9 Å². The van der Waals surface area contributed by atoms with Crippen LogP contribution in [0.25, 0.3) is 0 Å². The Bertz CT molecular complexity index is 605. The van der Waals surface area contributed by atoms with Crippen LogP contribution in [0.3, 0.4) is 0 Å². The molecule has 4 nitrogen and oxygen atoms in total. The van der Waals surface area contributed by atoms with Crippen LogP contribution in [0.2, 0.25) is 0 Å². The zero-order valence-electron chi connectivity index (χ0n) is 11.7. The van der Waals surface area contributed by atoms with Gasteiger partial charge in [0.05, 0.1) is 10.7 Å². The first-order chi connectivity index (χ1) is 9.63. The first-order valence-corrected chi connectivity index (χ1v) is 7.53. The van der Waals surface area contributed by atoms with Crippen molar-refractivity contribution in [2.75, 3.05) is 13.2 Å². The third-order valence-corrected chi connectivity index (χ3v) is 4.56. The van der Waals surface area contributed by atoms with Gasteiger partial charge in [0.2, 0.25) is 0 Å². The molecular formula is C15H18N2O2S. The first-order valence-electron chi connectivity index (χ1n) is 6.71. The van der Waals surface area contributed by atoms with E-state index >= 15 is 0 Å². The summed E-state index contributed by atoms with van der Waals surface area (Å²) in [5, 5.41) is 1.09. The van der Waals surface area contributed by atoms with Crippen LogP contribution >= 0.6 is 11.3 Å². The maximum Gasteiger partial charge on any atom is 0.161 e. The van der Waals surface area contributed by atoms with Crippen LogP contribution in [0.5, 0.6) is 11.5 Å². The van der Waals surface area contributed by atoms with Gasteiger partial charge in [-0.3, -0.25) is 0 Å². The van der Waals surface area contributed by atoms with E-state index in [0.717, 1.165) is 34.2 Å². The molecule has 0 saturated heterocycles. The van der Waals surface area contributed by atoms with Crippen molar-refractivity contribution >= 4 is 11.3 Å². The first kappa shape index (κ1) is 13.4. The molecule has 20 heavy (non-hydrogen) atoms. The molecule has 2 N–H and O–H groups in total. The third kappa shape index (κ3) is 2.64. The maximum absolute atomic E-state index is 6.29. The predicted molar refractivity (Wildman–Crippen MR) is 79.7 cm³/mol. The summed E-state index contributed by atoms with van der Waals surface area (Å²) >= 11 is 1.72. The fourth-order valence-corrected chi connectivity index (χ4v) is 3.22. The predicted octanol–water partition coefficient (Wildman–Crippen LogP) is 2.77. The summed E-state index contributed by atoms with van der Waals surface area (Å²) in [7, 11) is 0. The van der Waals surface area contributed by atoms with E-state index in [0.29, 0.717) is 13.2 Å². The summed E-state index contributed by atoms with van der Waals surface area (Å²) in [6.45, 7) is 5.32. The highest BCUT2D eigenvalue weighted by atomic mass is 32.1. The minimum atomic E-state index is -0.0734. The number of nitrogens with zero attached hydrogens (tertiary/aromatic N) is 1. The van der Waals surface area contributed by atoms with Crippen molar-refractivity contribution in [2.24, 2.45) is 5.73 Å². The topological polar surface area (TPSA) is 57.4 Å². The van der Waals surface area contributed by atoms with Crippen LogP contribution < -0.4 is 15.2 Å². The molecule has 1 aliphatic rings. The molecule has 0 saturated carbocycles. The normalized spacial score (nSPS) is 15.2. The van der Waals surface area contributed by atoms with E-state index in [4.69, 9.17) is 15.2 Å². The lowest BCUT2D eigenvalue weighted by atomic mass is 10.0. The van der Waals surface area contributed by atoms with Gasteiger partial charge in [-0.15, -0.1) is 11.3 Å². The minimum Gasteiger partial charge on any atom is -0.486 e. The molecule has 2 aromatic rings. The highest BCUT2D eigenvalue weighted by molar-refractivity contribution is 7.11. The summed E-state index contributed by atoms with van der Waals surface area (Å²) in [5.41, 5.74) is 8.44. The molecule has 1 atom stereocenters. The van der Waals surface area contributed by atoms with Gasteiger partial charge in [0.25, 0.3) is 0 Å². The molecule has 0 amide bonds. The molecule has 1 aromatic carbocycles. The van der Waals surface area contributed by atoms with E-state index in [1.54, 1.807) is 11.3 Å². The zero-order chi connectivity index (χ0) is 14.1. The monoisotopic (exact) mass is 290 g/mol. The molecular weight excluding hydrogens is 272 g/mol. The molecule has 106 valence electrons. The molecule has 0 aliphatic carbocycles. The summed E-state index contributed by atoms with van der Waals surface area (Å²) in [5.74, 6) is 1.59. The number of aryl methyl sites for hydroxylation is 2. The fraction of sp³-hybridized carbons (Fsp3) is 0.400. The molecule has 0 spiro atoms. The van der Waals surface area contributed by atoms with Crippen LogP contribution in [0.4, 0.5) is 0 Å². The van der Waals surface area contributed by atoms with Crippen LogP contribution in [0.15, 0.2) is 18.2 Å². The van der Waals surface area contributed by atoms with Crippen molar-refractivity contribution < 1.29 is 9.47 Å². The average Bonchev–Trinajstić information content (AvgIpc) is 2.76. The Balaban J connectivity index is 1.78. The molecule has 1 aliphatic heterocycles. The molecule has 0 bridgehead atoms. The van der Waals surface area contributed by atoms with Gasteiger partial charge in [-0.25, -0.2) is 4.98 Å². The van der Waals surface area contributed by atoms with Gasteiger partial charge < -0.3 is 15.2 Å². The van der Waals surface area contributed by atoms with Crippen LogP contribution in [0, 0.1) is 13.8 Å². The van der Waals surface area contributed by atoms with E-state index in [1.807, 2.05) is 25.1 Å². The van der Waals surface area contributed by atoms with Crippen LogP contribution in [-0.4, -0.2) is 18.2 Å². The van der Waals surface area contributed by atoms with Crippen molar-refractivity contribution in [3.8, 4) is 11.5 Å². The number of ether oxygens (including phenoxy) is 2. The highest BCUT2D eigenvalue weighted by Crippen LogP contribution is 2.33. The Morgan fingerprint density at radius 3 is 2.70 bits per heavy atom. The minimum absolute atomic E-state index is 0.0734. The number of thiazole rings is 1. The summed E-state index contributed by atoms with van der Waals surface area (Å²) in [6.07, 6.45) is 0.749. The van der Waals surface area contributed by atoms with Gasteiger partial charge in [0, 0.05) is 17.3 Å². The second kappa shape index (κ2) is 5.42. The van der Waals surface area contributed by atoms with E-state index < -0.39 is 0 Å². The van der Waals surface area contributed by atoms with Gasteiger partial charge in [-0.2, -0.15) is 0 Å². The molecule has 2 heterocycles. The number of benzene rings is 1. The Kier molecular flexibility index (Phi) is 3.63. The number of aromatic nitrogens is 1. The lowest BCUT2D eigenvalue weighted by Gasteiger charge is -2.20. The van der Waals surface area contributed by atoms with E-state index in [-0.39, 0.29) is 6.04 Å². The van der Waals surface area contributed by atoms with Gasteiger partial charge in [0.1, 0.15) is 13.2 Å². The van der Waals surface area contributed by atoms with E-state index in [1.165, 1.54) is 4.88 Å². The second-order valence-corrected chi connectivity index (χ2v) is 6.25. The zero-order valence-corrected chi connectivity index (χ0v) is 12.5. The Hall–Kier alpha value is -1.59. The van der Waals surface area contributed by atoms with Gasteiger partial charge in [-0.1, -0.05) is 6.07 Å². The molecule has 1 unspecified atom stereocenters. The highest BCUT2D eigenvalue weighted by Gasteiger charge is 2.16. The van der Waals surface area contributed by atoms with Crippen LogP contribution in [-0.2, 0) is 6.42 Å². The summed E-state index contributed by atoms with van der Waals surface area (Å²) in [4.78, 5) is 5.80. The van der Waals surface area contributed by atoms with Crippen molar-refractivity contribution in [1.29, 1.82) is 0 Å². The average molecular weight is 290 g/mol. The number of fused-ring (bicyclic) bond motifs is 1. The van der Waals surface area contributed by atoms with Gasteiger partial charge in [-0.05, 0) is 31.5 Å². The number of nitrogens with two attached hydrogens (primary N) is 1.